The van der Waals surface area contributed by atoms with Gasteiger partial charge in [0.2, 0.25) is 0 Å². The first kappa shape index (κ1) is 19.2. The maximum Gasteiger partial charge on any atom is 0.261 e. The molecule has 1 fully saturated rings. The molecule has 1 aromatic carbocycles. The average Bonchev–Trinajstić information content (AvgIpc) is 3.15. The summed E-state index contributed by atoms with van der Waals surface area (Å²) in [5, 5.41) is 2.50. The van der Waals surface area contributed by atoms with Crippen LogP contribution in [0.5, 0.6) is 5.75 Å². The van der Waals surface area contributed by atoms with Crippen LogP contribution >= 0.6 is 22.9 Å². The maximum atomic E-state index is 12.8. The van der Waals surface area contributed by atoms with Gasteiger partial charge in [-0.15, -0.1) is 11.3 Å². The standard InChI is InChI=1S/C18H20ClNO4S2/c1-13-5-7-25-17(13)10-20(15-6-8-26(22,23)12-15)18(21)11-24-16-4-2-3-14(19)9-16/h2-5,7,9,15H,6,8,10-12H2,1H3. The van der Waals surface area contributed by atoms with Crippen molar-refractivity contribution in [2.45, 2.75) is 25.9 Å². The molecule has 1 aromatic heterocycles. The molecule has 1 amide bonds. The molecule has 0 bridgehead atoms. The van der Waals surface area contributed by atoms with Gasteiger partial charge in [0.15, 0.2) is 16.4 Å². The first-order chi connectivity index (χ1) is 12.3. The summed E-state index contributed by atoms with van der Waals surface area (Å²) in [7, 11) is -3.08. The highest BCUT2D eigenvalue weighted by Crippen LogP contribution is 2.24. The van der Waals surface area contributed by atoms with Crippen LogP contribution in [0.4, 0.5) is 0 Å². The molecule has 1 atom stereocenters. The van der Waals surface area contributed by atoms with Crippen LogP contribution in [0.15, 0.2) is 35.7 Å². The predicted octanol–water partition coefficient (Wildman–Crippen LogP) is 3.30. The van der Waals surface area contributed by atoms with Crippen LogP contribution in [-0.2, 0) is 21.2 Å². The molecular formula is C18H20ClNO4S2. The molecule has 0 N–H and O–H groups in total. The second-order valence-electron chi connectivity index (χ2n) is 6.35. The number of hydrogen-bond donors (Lipinski definition) is 0. The Kier molecular flexibility index (Phi) is 5.89. The molecule has 1 unspecified atom stereocenters. The number of rotatable bonds is 6. The fraction of sp³-hybridized carbons (Fsp3) is 0.389. The molecule has 5 nitrogen and oxygen atoms in total. The third kappa shape index (κ3) is 4.78. The van der Waals surface area contributed by atoms with Gasteiger partial charge in [-0.25, -0.2) is 8.42 Å². The number of nitrogens with zero attached hydrogens (tertiary/aromatic N) is 1. The van der Waals surface area contributed by atoms with Crippen LogP contribution in [0.2, 0.25) is 5.02 Å². The van der Waals surface area contributed by atoms with Gasteiger partial charge in [-0.3, -0.25) is 4.79 Å². The fourth-order valence-electron chi connectivity index (χ4n) is 2.95. The van der Waals surface area contributed by atoms with Crippen molar-refractivity contribution in [2.75, 3.05) is 18.1 Å². The summed E-state index contributed by atoms with van der Waals surface area (Å²) in [6.07, 6.45) is 0.468. The fourth-order valence-corrected chi connectivity index (χ4v) is 5.76. The van der Waals surface area contributed by atoms with E-state index in [1.807, 2.05) is 18.4 Å². The zero-order valence-corrected chi connectivity index (χ0v) is 16.7. The highest BCUT2D eigenvalue weighted by Gasteiger charge is 2.35. The number of sulfone groups is 1. The van der Waals surface area contributed by atoms with Crippen LogP contribution in [0.25, 0.3) is 0 Å². The Morgan fingerprint density at radius 2 is 2.19 bits per heavy atom. The molecule has 26 heavy (non-hydrogen) atoms. The summed E-state index contributed by atoms with van der Waals surface area (Å²) in [6.45, 7) is 2.24. The van der Waals surface area contributed by atoms with Gasteiger partial charge in [-0.05, 0) is 48.6 Å². The molecule has 0 spiro atoms. The van der Waals surface area contributed by atoms with Crippen molar-refractivity contribution in [1.82, 2.24) is 4.90 Å². The van der Waals surface area contributed by atoms with E-state index in [1.54, 1.807) is 40.5 Å². The number of amides is 1. The molecule has 140 valence electrons. The average molecular weight is 414 g/mol. The Labute approximate surface area is 162 Å². The lowest BCUT2D eigenvalue weighted by Gasteiger charge is -2.28. The first-order valence-corrected chi connectivity index (χ1v) is 11.3. The molecule has 3 rings (SSSR count). The van der Waals surface area contributed by atoms with E-state index in [9.17, 15) is 13.2 Å². The normalized spacial score (nSPS) is 18.6. The van der Waals surface area contributed by atoms with Crippen molar-refractivity contribution in [1.29, 1.82) is 0 Å². The van der Waals surface area contributed by atoms with Crippen molar-refractivity contribution >= 4 is 38.7 Å². The van der Waals surface area contributed by atoms with Crippen LogP contribution < -0.4 is 4.74 Å². The van der Waals surface area contributed by atoms with Gasteiger partial charge in [-0.2, -0.15) is 0 Å². The topological polar surface area (TPSA) is 63.7 Å². The summed E-state index contributed by atoms with van der Waals surface area (Å²) in [6, 6.07) is 8.53. The van der Waals surface area contributed by atoms with Crippen molar-refractivity contribution in [3.8, 4) is 5.75 Å². The van der Waals surface area contributed by atoms with Crippen molar-refractivity contribution < 1.29 is 17.9 Å². The number of thiophene rings is 1. The second kappa shape index (κ2) is 7.98. The monoisotopic (exact) mass is 413 g/mol. The van der Waals surface area contributed by atoms with Crippen molar-refractivity contribution in [3.05, 3.63) is 51.2 Å². The zero-order valence-electron chi connectivity index (χ0n) is 14.4. The Balaban J connectivity index is 1.73. The number of ether oxygens (including phenoxy) is 1. The minimum atomic E-state index is -3.08. The van der Waals surface area contributed by atoms with E-state index in [0.29, 0.717) is 23.7 Å². The van der Waals surface area contributed by atoms with Crippen molar-refractivity contribution in [2.24, 2.45) is 0 Å². The van der Waals surface area contributed by atoms with Gasteiger partial charge < -0.3 is 9.64 Å². The SMILES string of the molecule is Cc1ccsc1CN(C(=O)COc1cccc(Cl)c1)C1CCS(=O)(=O)C1. The summed E-state index contributed by atoms with van der Waals surface area (Å²) >= 11 is 7.50. The van der Waals surface area contributed by atoms with E-state index in [0.717, 1.165) is 10.4 Å². The van der Waals surface area contributed by atoms with Gasteiger partial charge in [0.05, 0.1) is 18.1 Å². The lowest BCUT2D eigenvalue weighted by Crippen LogP contribution is -2.43. The number of benzene rings is 1. The Morgan fingerprint density at radius 3 is 2.81 bits per heavy atom. The third-order valence-corrected chi connectivity index (χ3v) is 7.40. The number of hydrogen-bond acceptors (Lipinski definition) is 5. The van der Waals surface area contributed by atoms with Crippen LogP contribution in [-0.4, -0.2) is 43.4 Å². The molecule has 0 aliphatic carbocycles. The molecule has 1 saturated heterocycles. The summed E-state index contributed by atoms with van der Waals surface area (Å²) in [4.78, 5) is 15.5. The summed E-state index contributed by atoms with van der Waals surface area (Å²) in [5.41, 5.74) is 1.10. The first-order valence-electron chi connectivity index (χ1n) is 8.25. The number of aryl methyl sites for hydroxylation is 1. The highest BCUT2D eigenvalue weighted by atomic mass is 35.5. The lowest BCUT2D eigenvalue weighted by atomic mass is 10.2. The quantitative estimate of drug-likeness (QED) is 0.728. The lowest BCUT2D eigenvalue weighted by molar-refractivity contribution is -0.135. The molecular weight excluding hydrogens is 394 g/mol. The highest BCUT2D eigenvalue weighted by molar-refractivity contribution is 7.91. The molecule has 1 aliphatic rings. The minimum Gasteiger partial charge on any atom is -0.484 e. The number of carbonyl (C=O) groups excluding carboxylic acids is 1. The van der Waals surface area contributed by atoms with Gasteiger partial charge in [0, 0.05) is 15.9 Å². The number of carbonyl (C=O) groups is 1. The van der Waals surface area contributed by atoms with Crippen molar-refractivity contribution in [3.63, 3.8) is 0 Å². The molecule has 8 heteroatoms. The third-order valence-electron chi connectivity index (χ3n) is 4.41. The Hall–Kier alpha value is -1.57. The molecule has 0 saturated carbocycles. The van der Waals surface area contributed by atoms with E-state index < -0.39 is 9.84 Å². The van der Waals surface area contributed by atoms with E-state index in [1.165, 1.54) is 0 Å². The van der Waals surface area contributed by atoms with Gasteiger partial charge in [0.25, 0.3) is 5.91 Å². The Morgan fingerprint density at radius 1 is 1.38 bits per heavy atom. The van der Waals surface area contributed by atoms with Gasteiger partial charge >= 0.3 is 0 Å². The molecule has 2 heterocycles. The van der Waals surface area contributed by atoms with E-state index >= 15 is 0 Å². The second-order valence-corrected chi connectivity index (χ2v) is 10.0. The molecule has 0 radical (unpaired) electrons. The van der Waals surface area contributed by atoms with E-state index in [4.69, 9.17) is 16.3 Å². The summed E-state index contributed by atoms with van der Waals surface area (Å²) < 4.78 is 29.3. The van der Waals surface area contributed by atoms with Crippen LogP contribution in [0.1, 0.15) is 16.9 Å². The summed E-state index contributed by atoms with van der Waals surface area (Å²) in [5.74, 6) is 0.428. The Bertz CT molecular complexity index is 894. The number of halogens is 1. The predicted molar refractivity (Wildman–Crippen MR) is 104 cm³/mol. The van der Waals surface area contributed by atoms with Crippen LogP contribution in [0, 0.1) is 6.92 Å². The van der Waals surface area contributed by atoms with E-state index in [2.05, 4.69) is 0 Å². The molecule has 2 aromatic rings. The van der Waals surface area contributed by atoms with Crippen LogP contribution in [0.3, 0.4) is 0 Å². The zero-order chi connectivity index (χ0) is 18.7. The maximum absolute atomic E-state index is 12.8. The minimum absolute atomic E-state index is 0.0142. The van der Waals surface area contributed by atoms with E-state index in [-0.39, 0.29) is 30.1 Å². The van der Waals surface area contributed by atoms with Gasteiger partial charge in [-0.1, -0.05) is 17.7 Å². The largest absolute Gasteiger partial charge is 0.484 e. The smallest absolute Gasteiger partial charge is 0.261 e. The van der Waals surface area contributed by atoms with Gasteiger partial charge in [0.1, 0.15) is 5.75 Å². The molecule has 1 aliphatic heterocycles.